The number of rotatable bonds is 4. The highest BCUT2D eigenvalue weighted by atomic mass is 16.7. The van der Waals surface area contributed by atoms with Crippen molar-refractivity contribution in [2.75, 3.05) is 19.0 Å². The molecule has 1 saturated carbocycles. The van der Waals surface area contributed by atoms with Crippen molar-refractivity contribution in [3.8, 4) is 5.75 Å². The maximum Gasteiger partial charge on any atom is 0.518 e. The molecule has 0 atom stereocenters. The maximum atomic E-state index is 6.14. The topological polar surface area (TPSA) is 43.8 Å². The summed E-state index contributed by atoms with van der Waals surface area (Å²) in [5, 5.41) is 0. The average molecular weight is 304 g/mol. The summed E-state index contributed by atoms with van der Waals surface area (Å²) >= 11 is 0. The van der Waals surface area contributed by atoms with Gasteiger partial charge in [-0.3, -0.25) is 4.98 Å². The van der Waals surface area contributed by atoms with Gasteiger partial charge in [0.05, 0.1) is 23.0 Å². The first kappa shape index (κ1) is 15.6. The van der Waals surface area contributed by atoms with Crippen molar-refractivity contribution in [3.05, 3.63) is 12.3 Å². The van der Waals surface area contributed by atoms with Gasteiger partial charge in [0.15, 0.2) is 5.75 Å². The first-order valence-electron chi connectivity index (χ1n) is 7.90. The minimum Gasteiger partial charge on any atom is -0.487 e. The van der Waals surface area contributed by atoms with Gasteiger partial charge in [-0.2, -0.15) is 0 Å². The molecule has 2 fully saturated rings. The highest BCUT2D eigenvalue weighted by Crippen LogP contribution is 2.38. The van der Waals surface area contributed by atoms with Crippen molar-refractivity contribution in [3.63, 3.8) is 0 Å². The monoisotopic (exact) mass is 304 g/mol. The summed E-state index contributed by atoms with van der Waals surface area (Å²) in [6.07, 6.45) is 4.29. The largest absolute Gasteiger partial charge is 0.518 e. The molecule has 120 valence electrons. The van der Waals surface area contributed by atoms with E-state index in [9.17, 15) is 0 Å². The van der Waals surface area contributed by atoms with Gasteiger partial charge in [0.2, 0.25) is 0 Å². The van der Waals surface area contributed by atoms with Crippen molar-refractivity contribution >= 4 is 18.4 Å². The Labute approximate surface area is 133 Å². The second kappa shape index (κ2) is 5.13. The molecular weight excluding hydrogens is 279 g/mol. The zero-order valence-electron chi connectivity index (χ0n) is 14.3. The first-order valence-corrected chi connectivity index (χ1v) is 7.90. The molecule has 0 unspecified atom stereocenters. The van der Waals surface area contributed by atoms with Crippen LogP contribution in [0.2, 0.25) is 0 Å². The van der Waals surface area contributed by atoms with Gasteiger partial charge >= 0.3 is 7.12 Å². The number of ether oxygens (including phenoxy) is 1. The van der Waals surface area contributed by atoms with Crippen molar-refractivity contribution < 1.29 is 14.0 Å². The lowest BCUT2D eigenvalue weighted by Crippen LogP contribution is -2.41. The summed E-state index contributed by atoms with van der Waals surface area (Å²) in [7, 11) is 3.50. The molecule has 0 aromatic carbocycles. The molecule has 1 aliphatic heterocycles. The quantitative estimate of drug-likeness (QED) is 0.796. The van der Waals surface area contributed by atoms with Crippen LogP contribution in [0, 0.1) is 0 Å². The molecule has 5 nitrogen and oxygen atoms in total. The summed E-state index contributed by atoms with van der Waals surface area (Å²) < 4.78 is 18.4. The summed E-state index contributed by atoms with van der Waals surface area (Å²) in [5.74, 6) is 0.786. The van der Waals surface area contributed by atoms with E-state index in [0.717, 1.165) is 29.9 Å². The summed E-state index contributed by atoms with van der Waals surface area (Å²) in [4.78, 5) is 6.55. The Bertz CT molecular complexity index is 555. The van der Waals surface area contributed by atoms with Crippen molar-refractivity contribution in [2.45, 2.75) is 57.8 Å². The SMILES string of the molecule is CN(C)c1ccnc(B2OC(C)(C)C(C)(C)O2)c1OC1CC1. The molecule has 1 saturated heterocycles. The summed E-state index contributed by atoms with van der Waals surface area (Å²) in [5.41, 5.74) is 0.970. The number of pyridine rings is 1. The lowest BCUT2D eigenvalue weighted by Gasteiger charge is -2.32. The molecule has 1 aliphatic carbocycles. The fraction of sp³-hybridized carbons (Fsp3) is 0.688. The maximum absolute atomic E-state index is 6.14. The number of aromatic nitrogens is 1. The molecule has 0 amide bonds. The van der Waals surface area contributed by atoms with E-state index in [1.165, 1.54) is 0 Å². The smallest absolute Gasteiger partial charge is 0.487 e. The van der Waals surface area contributed by atoms with Crippen LogP contribution >= 0.6 is 0 Å². The van der Waals surface area contributed by atoms with E-state index in [2.05, 4.69) is 4.98 Å². The molecule has 0 N–H and O–H groups in total. The van der Waals surface area contributed by atoms with E-state index in [-0.39, 0.29) is 11.2 Å². The predicted molar refractivity (Wildman–Crippen MR) is 87.9 cm³/mol. The van der Waals surface area contributed by atoms with Crippen LogP contribution in [0.3, 0.4) is 0 Å². The molecule has 1 aromatic heterocycles. The molecule has 2 heterocycles. The fourth-order valence-electron chi connectivity index (χ4n) is 2.40. The molecular formula is C16H25BN2O3. The Hall–Kier alpha value is -1.27. The van der Waals surface area contributed by atoms with Gasteiger partial charge in [0.25, 0.3) is 0 Å². The molecule has 22 heavy (non-hydrogen) atoms. The summed E-state index contributed by atoms with van der Waals surface area (Å²) in [6, 6.07) is 1.96. The normalized spacial score (nSPS) is 22.7. The minimum absolute atomic E-state index is 0.295. The van der Waals surface area contributed by atoms with E-state index < -0.39 is 7.12 Å². The van der Waals surface area contributed by atoms with Gasteiger partial charge in [-0.25, -0.2) is 0 Å². The highest BCUT2D eigenvalue weighted by molar-refractivity contribution is 6.62. The third-order valence-electron chi connectivity index (χ3n) is 4.68. The van der Waals surface area contributed by atoms with Gasteiger partial charge in [0.1, 0.15) is 5.59 Å². The van der Waals surface area contributed by atoms with E-state index in [1.54, 1.807) is 6.20 Å². The molecule has 6 heteroatoms. The number of anilines is 1. The molecule has 2 aliphatic rings. The predicted octanol–water partition coefficient (Wildman–Crippen LogP) is 1.99. The number of hydrogen-bond donors (Lipinski definition) is 0. The Morgan fingerprint density at radius 1 is 1.18 bits per heavy atom. The lowest BCUT2D eigenvalue weighted by molar-refractivity contribution is 0.00578. The standard InChI is InChI=1S/C16H25BN2O3/c1-15(2)16(3,4)22-17(21-15)14-13(20-11-7-8-11)12(19(5)6)9-10-18-14/h9-11H,7-8H2,1-6H3. The van der Waals surface area contributed by atoms with E-state index in [0.29, 0.717) is 6.10 Å². The van der Waals surface area contributed by atoms with Crippen LogP contribution in [0.1, 0.15) is 40.5 Å². The molecule has 3 rings (SSSR count). The third kappa shape index (κ3) is 2.70. The Morgan fingerprint density at radius 3 is 2.27 bits per heavy atom. The second-order valence-corrected chi connectivity index (χ2v) is 7.34. The molecule has 1 aromatic rings. The highest BCUT2D eigenvalue weighted by Gasteiger charge is 2.53. The third-order valence-corrected chi connectivity index (χ3v) is 4.68. The molecule has 0 spiro atoms. The summed E-state index contributed by atoms with van der Waals surface area (Å²) in [6.45, 7) is 8.18. The van der Waals surface area contributed by atoms with E-state index in [1.807, 2.05) is 52.8 Å². The van der Waals surface area contributed by atoms with Crippen molar-refractivity contribution in [2.24, 2.45) is 0 Å². The van der Waals surface area contributed by atoms with Gasteiger partial charge in [-0.1, -0.05) is 0 Å². The zero-order chi connectivity index (χ0) is 16.1. The van der Waals surface area contributed by atoms with E-state index >= 15 is 0 Å². The first-order chi connectivity index (χ1) is 10.2. The van der Waals surface area contributed by atoms with Crippen LogP contribution in [0.25, 0.3) is 0 Å². The lowest BCUT2D eigenvalue weighted by atomic mass is 9.83. The Kier molecular flexibility index (Phi) is 3.65. The average Bonchev–Trinajstić information content (AvgIpc) is 3.17. The van der Waals surface area contributed by atoms with Crippen molar-refractivity contribution in [1.82, 2.24) is 4.98 Å². The van der Waals surface area contributed by atoms with Crippen LogP contribution in [-0.4, -0.2) is 43.5 Å². The van der Waals surface area contributed by atoms with Crippen LogP contribution in [0.5, 0.6) is 5.75 Å². The number of hydrogen-bond acceptors (Lipinski definition) is 5. The van der Waals surface area contributed by atoms with Gasteiger partial charge in [-0.15, -0.1) is 0 Å². The molecule has 0 bridgehead atoms. The van der Waals surface area contributed by atoms with Crippen LogP contribution < -0.4 is 15.2 Å². The fourth-order valence-corrected chi connectivity index (χ4v) is 2.40. The second-order valence-electron chi connectivity index (χ2n) is 7.34. The van der Waals surface area contributed by atoms with Crippen molar-refractivity contribution in [1.29, 1.82) is 0 Å². The van der Waals surface area contributed by atoms with Crippen LogP contribution in [0.4, 0.5) is 5.69 Å². The zero-order valence-corrected chi connectivity index (χ0v) is 14.3. The Morgan fingerprint density at radius 2 is 1.77 bits per heavy atom. The van der Waals surface area contributed by atoms with Crippen LogP contribution in [-0.2, 0) is 9.31 Å². The van der Waals surface area contributed by atoms with Gasteiger partial charge in [-0.05, 0) is 46.6 Å². The molecule has 0 radical (unpaired) electrons. The van der Waals surface area contributed by atoms with E-state index in [4.69, 9.17) is 14.0 Å². The van der Waals surface area contributed by atoms with Crippen LogP contribution in [0.15, 0.2) is 12.3 Å². The van der Waals surface area contributed by atoms with Gasteiger partial charge < -0.3 is 18.9 Å². The minimum atomic E-state index is -0.501. The number of nitrogens with zero attached hydrogens (tertiary/aromatic N) is 2. The van der Waals surface area contributed by atoms with Gasteiger partial charge in [0, 0.05) is 20.3 Å². The Balaban J connectivity index is 1.98.